The van der Waals surface area contributed by atoms with Crippen molar-refractivity contribution in [2.24, 2.45) is 11.8 Å². The lowest BCUT2D eigenvalue weighted by Crippen LogP contribution is -2.32. The summed E-state index contributed by atoms with van der Waals surface area (Å²) in [4.78, 5) is 24.1. The van der Waals surface area contributed by atoms with Gasteiger partial charge in [-0.05, 0) is 18.6 Å². The standard InChI is InChI=1S/C14H17NO4/c1-15(13(16)11-9-12(11)14(17)18)7-8-19-10-5-3-2-4-6-10/h2-6,11-12H,7-9H2,1H3,(H,17,18). The Kier molecular flexibility index (Phi) is 4.04. The lowest BCUT2D eigenvalue weighted by atomic mass is 10.3. The van der Waals surface area contributed by atoms with Crippen molar-refractivity contribution in [3.05, 3.63) is 30.3 Å². The molecular formula is C14H17NO4. The van der Waals surface area contributed by atoms with Gasteiger partial charge in [-0.1, -0.05) is 18.2 Å². The maximum Gasteiger partial charge on any atom is 0.307 e. The Morgan fingerprint density at radius 3 is 2.58 bits per heavy atom. The van der Waals surface area contributed by atoms with E-state index >= 15 is 0 Å². The molecule has 19 heavy (non-hydrogen) atoms. The van der Waals surface area contributed by atoms with Crippen LogP contribution in [-0.4, -0.2) is 42.1 Å². The minimum absolute atomic E-state index is 0.107. The second-order valence-electron chi connectivity index (χ2n) is 4.71. The van der Waals surface area contributed by atoms with E-state index in [-0.39, 0.29) is 11.8 Å². The highest BCUT2D eigenvalue weighted by molar-refractivity contribution is 5.89. The summed E-state index contributed by atoms with van der Waals surface area (Å²) >= 11 is 0. The summed E-state index contributed by atoms with van der Waals surface area (Å²) in [5.74, 6) is -1.07. The molecule has 5 heteroatoms. The molecule has 1 aliphatic rings. The van der Waals surface area contributed by atoms with E-state index in [2.05, 4.69) is 0 Å². The molecule has 2 rings (SSSR count). The number of benzene rings is 1. The molecule has 1 fully saturated rings. The first-order valence-electron chi connectivity index (χ1n) is 6.25. The monoisotopic (exact) mass is 263 g/mol. The van der Waals surface area contributed by atoms with Gasteiger partial charge in [0.1, 0.15) is 12.4 Å². The van der Waals surface area contributed by atoms with Gasteiger partial charge in [-0.2, -0.15) is 0 Å². The van der Waals surface area contributed by atoms with Gasteiger partial charge in [-0.15, -0.1) is 0 Å². The van der Waals surface area contributed by atoms with Crippen molar-refractivity contribution in [3.8, 4) is 5.75 Å². The second kappa shape index (κ2) is 5.73. The van der Waals surface area contributed by atoms with Crippen molar-refractivity contribution in [2.45, 2.75) is 6.42 Å². The molecule has 0 spiro atoms. The number of carbonyl (C=O) groups is 2. The smallest absolute Gasteiger partial charge is 0.307 e. The molecule has 0 aliphatic heterocycles. The van der Waals surface area contributed by atoms with Crippen LogP contribution in [0.4, 0.5) is 0 Å². The fourth-order valence-electron chi connectivity index (χ4n) is 1.95. The van der Waals surface area contributed by atoms with Crippen LogP contribution in [0.2, 0.25) is 0 Å². The van der Waals surface area contributed by atoms with E-state index in [0.717, 1.165) is 5.75 Å². The maximum absolute atomic E-state index is 11.9. The Morgan fingerprint density at radius 2 is 2.00 bits per heavy atom. The second-order valence-corrected chi connectivity index (χ2v) is 4.71. The molecule has 2 atom stereocenters. The quantitative estimate of drug-likeness (QED) is 0.838. The van der Waals surface area contributed by atoms with Crippen LogP contribution >= 0.6 is 0 Å². The molecule has 5 nitrogen and oxygen atoms in total. The van der Waals surface area contributed by atoms with E-state index in [4.69, 9.17) is 9.84 Å². The number of aliphatic carboxylic acids is 1. The summed E-state index contributed by atoms with van der Waals surface area (Å²) in [7, 11) is 1.67. The van der Waals surface area contributed by atoms with Gasteiger partial charge in [-0.25, -0.2) is 0 Å². The zero-order chi connectivity index (χ0) is 13.8. The third-order valence-electron chi connectivity index (χ3n) is 3.24. The zero-order valence-electron chi connectivity index (χ0n) is 10.8. The van der Waals surface area contributed by atoms with Gasteiger partial charge < -0.3 is 14.7 Å². The van der Waals surface area contributed by atoms with Crippen LogP contribution in [0.25, 0.3) is 0 Å². The van der Waals surface area contributed by atoms with E-state index in [1.165, 1.54) is 4.90 Å². The van der Waals surface area contributed by atoms with Gasteiger partial charge in [0.05, 0.1) is 18.4 Å². The first kappa shape index (κ1) is 13.4. The van der Waals surface area contributed by atoms with Gasteiger partial charge in [0.2, 0.25) is 5.91 Å². The molecule has 0 saturated heterocycles. The first-order valence-corrected chi connectivity index (χ1v) is 6.25. The molecule has 2 unspecified atom stereocenters. The summed E-state index contributed by atoms with van der Waals surface area (Å²) in [6.45, 7) is 0.854. The third-order valence-corrected chi connectivity index (χ3v) is 3.24. The summed E-state index contributed by atoms with van der Waals surface area (Å²) < 4.78 is 5.49. The number of carboxylic acid groups (broad SMARTS) is 1. The van der Waals surface area contributed by atoms with Crippen LogP contribution in [0.5, 0.6) is 5.75 Å². The molecule has 0 bridgehead atoms. The van der Waals surface area contributed by atoms with Crippen LogP contribution in [-0.2, 0) is 9.59 Å². The average Bonchev–Trinajstić information content (AvgIpc) is 3.19. The molecule has 1 N–H and O–H groups in total. The van der Waals surface area contributed by atoms with Crippen molar-refractivity contribution >= 4 is 11.9 Å². The highest BCUT2D eigenvalue weighted by atomic mass is 16.5. The van der Waals surface area contributed by atoms with Crippen LogP contribution < -0.4 is 4.74 Å². The Balaban J connectivity index is 1.72. The van der Waals surface area contributed by atoms with Gasteiger partial charge in [0, 0.05) is 7.05 Å². The van der Waals surface area contributed by atoms with Crippen molar-refractivity contribution in [1.82, 2.24) is 4.90 Å². The number of nitrogens with zero attached hydrogens (tertiary/aromatic N) is 1. The molecular weight excluding hydrogens is 246 g/mol. The van der Waals surface area contributed by atoms with Gasteiger partial charge >= 0.3 is 5.97 Å². The average molecular weight is 263 g/mol. The fourth-order valence-corrected chi connectivity index (χ4v) is 1.95. The summed E-state index contributed by atoms with van der Waals surface area (Å²) in [6, 6.07) is 9.37. The Hall–Kier alpha value is -2.04. The number of carbonyl (C=O) groups excluding carboxylic acids is 1. The largest absolute Gasteiger partial charge is 0.492 e. The van der Waals surface area contributed by atoms with Crippen molar-refractivity contribution < 1.29 is 19.4 Å². The number of amides is 1. The first-order chi connectivity index (χ1) is 9.09. The number of ether oxygens (including phenoxy) is 1. The number of hydrogen-bond donors (Lipinski definition) is 1. The highest BCUT2D eigenvalue weighted by Gasteiger charge is 2.49. The van der Waals surface area contributed by atoms with Gasteiger partial charge in [-0.3, -0.25) is 9.59 Å². The maximum atomic E-state index is 11.9. The normalized spacial score (nSPS) is 20.7. The Labute approximate surface area is 111 Å². The van der Waals surface area contributed by atoms with Gasteiger partial charge in [0.25, 0.3) is 0 Å². The molecule has 102 valence electrons. The molecule has 0 radical (unpaired) electrons. The number of hydrogen-bond acceptors (Lipinski definition) is 3. The van der Waals surface area contributed by atoms with E-state index in [0.29, 0.717) is 19.6 Å². The van der Waals surface area contributed by atoms with Crippen LogP contribution in [0.3, 0.4) is 0 Å². The summed E-state index contributed by atoms with van der Waals surface area (Å²) in [5, 5.41) is 8.78. The van der Waals surface area contributed by atoms with Gasteiger partial charge in [0.15, 0.2) is 0 Å². The van der Waals surface area contributed by atoms with E-state index < -0.39 is 11.9 Å². The molecule has 1 aliphatic carbocycles. The predicted molar refractivity (Wildman–Crippen MR) is 68.8 cm³/mol. The number of rotatable bonds is 6. The molecule has 1 aromatic carbocycles. The van der Waals surface area contributed by atoms with E-state index in [1.54, 1.807) is 7.05 Å². The summed E-state index contributed by atoms with van der Waals surface area (Å²) in [6.07, 6.45) is 0.456. The van der Waals surface area contributed by atoms with Crippen molar-refractivity contribution in [2.75, 3.05) is 20.2 Å². The Morgan fingerprint density at radius 1 is 1.32 bits per heavy atom. The predicted octanol–water partition coefficient (Wildman–Crippen LogP) is 1.24. The Bertz CT molecular complexity index is 460. The lowest BCUT2D eigenvalue weighted by molar-refractivity contribution is -0.141. The van der Waals surface area contributed by atoms with E-state index in [9.17, 15) is 9.59 Å². The van der Waals surface area contributed by atoms with Crippen LogP contribution in [0, 0.1) is 11.8 Å². The number of likely N-dealkylation sites (N-methyl/N-ethyl adjacent to an activating group) is 1. The number of carboxylic acids is 1. The topological polar surface area (TPSA) is 66.8 Å². The van der Waals surface area contributed by atoms with Crippen LogP contribution in [0.15, 0.2) is 30.3 Å². The fraction of sp³-hybridized carbons (Fsp3) is 0.429. The van der Waals surface area contributed by atoms with Crippen molar-refractivity contribution in [1.29, 1.82) is 0 Å². The molecule has 1 amide bonds. The lowest BCUT2D eigenvalue weighted by Gasteiger charge is -2.17. The minimum atomic E-state index is -0.882. The molecule has 1 aromatic rings. The van der Waals surface area contributed by atoms with Crippen LogP contribution in [0.1, 0.15) is 6.42 Å². The van der Waals surface area contributed by atoms with E-state index in [1.807, 2.05) is 30.3 Å². The third kappa shape index (κ3) is 3.47. The van der Waals surface area contributed by atoms with Crippen molar-refractivity contribution in [3.63, 3.8) is 0 Å². The zero-order valence-corrected chi connectivity index (χ0v) is 10.8. The summed E-state index contributed by atoms with van der Waals surface area (Å²) in [5.41, 5.74) is 0. The minimum Gasteiger partial charge on any atom is -0.492 e. The number of para-hydroxylation sites is 1. The molecule has 0 aromatic heterocycles. The SMILES string of the molecule is CN(CCOc1ccccc1)C(=O)C1CC1C(=O)O. The molecule has 0 heterocycles. The molecule has 1 saturated carbocycles. The highest BCUT2D eigenvalue weighted by Crippen LogP contribution is 2.39.